The van der Waals surface area contributed by atoms with E-state index in [0.717, 1.165) is 51.9 Å². The monoisotopic (exact) mass is 338 g/mol. The van der Waals surface area contributed by atoms with Crippen molar-refractivity contribution in [3.8, 4) is 0 Å². The van der Waals surface area contributed by atoms with Crippen LogP contribution in [0.15, 0.2) is 0 Å². The van der Waals surface area contributed by atoms with E-state index in [1.807, 2.05) is 0 Å². The van der Waals surface area contributed by atoms with Crippen molar-refractivity contribution in [2.24, 2.45) is 0 Å². The summed E-state index contributed by atoms with van der Waals surface area (Å²) in [5.74, 6) is 0.875. The number of hydrogen-bond donors (Lipinski definition) is 0. The van der Waals surface area contributed by atoms with Crippen LogP contribution in [0.25, 0.3) is 0 Å². The predicted molar refractivity (Wildman–Crippen MR) is 100 cm³/mol. The molecule has 0 aromatic carbocycles. The summed E-state index contributed by atoms with van der Waals surface area (Å²) >= 11 is 0. The van der Waals surface area contributed by atoms with E-state index in [2.05, 4.69) is 23.6 Å². The molecule has 2 saturated heterocycles. The van der Waals surface area contributed by atoms with Gasteiger partial charge in [-0.1, -0.05) is 39.5 Å². The zero-order valence-electron chi connectivity index (χ0n) is 16.0. The zero-order chi connectivity index (χ0) is 17.6. The van der Waals surface area contributed by atoms with Gasteiger partial charge in [0.2, 0.25) is 0 Å². The fraction of sp³-hybridized carbons (Fsp3) is 0.900. The molecule has 0 unspecified atom stereocenters. The molecule has 2 aliphatic heterocycles. The van der Waals surface area contributed by atoms with Crippen molar-refractivity contribution < 1.29 is 9.59 Å². The van der Waals surface area contributed by atoms with Gasteiger partial charge in [0, 0.05) is 32.4 Å². The molecular weight excluding hydrogens is 300 g/mol. The van der Waals surface area contributed by atoms with Gasteiger partial charge in [-0.3, -0.25) is 14.5 Å². The second kappa shape index (κ2) is 13.5. The van der Waals surface area contributed by atoms with E-state index in [1.165, 1.54) is 45.1 Å². The van der Waals surface area contributed by atoms with Crippen LogP contribution >= 0.6 is 0 Å². The summed E-state index contributed by atoms with van der Waals surface area (Å²) in [6, 6.07) is 0. The van der Waals surface area contributed by atoms with E-state index >= 15 is 0 Å². The van der Waals surface area contributed by atoms with Crippen molar-refractivity contribution in [3.05, 3.63) is 0 Å². The molecular formula is C20H38N2O2. The van der Waals surface area contributed by atoms with Crippen LogP contribution < -0.4 is 0 Å². The highest BCUT2D eigenvalue weighted by Gasteiger charge is 2.15. The van der Waals surface area contributed by atoms with E-state index < -0.39 is 0 Å². The fourth-order valence-electron chi connectivity index (χ4n) is 3.30. The van der Waals surface area contributed by atoms with Gasteiger partial charge in [0.15, 0.2) is 0 Å². The third kappa shape index (κ3) is 10.2. The van der Waals surface area contributed by atoms with Crippen LogP contribution in [0.1, 0.15) is 78.1 Å². The Balaban J connectivity index is 0.000000240. The average molecular weight is 339 g/mol. The van der Waals surface area contributed by atoms with Crippen LogP contribution in [0, 0.1) is 0 Å². The van der Waals surface area contributed by atoms with Gasteiger partial charge in [-0.2, -0.15) is 0 Å². The number of likely N-dealkylation sites (tertiary alicyclic amines) is 2. The van der Waals surface area contributed by atoms with Crippen LogP contribution in [0.5, 0.6) is 0 Å². The lowest BCUT2D eigenvalue weighted by atomic mass is 10.1. The lowest BCUT2D eigenvalue weighted by Gasteiger charge is -2.25. The maximum Gasteiger partial charge on any atom is 0.146 e. The van der Waals surface area contributed by atoms with Gasteiger partial charge in [0.05, 0.1) is 6.54 Å². The minimum Gasteiger partial charge on any atom is -0.302 e. The number of carbonyl (C=O) groups is 2. The summed E-state index contributed by atoms with van der Waals surface area (Å²) in [4.78, 5) is 26.7. The zero-order valence-corrected chi connectivity index (χ0v) is 16.0. The third-order valence-corrected chi connectivity index (χ3v) is 4.90. The van der Waals surface area contributed by atoms with Gasteiger partial charge in [-0.15, -0.1) is 0 Å². The number of Topliss-reactive ketones (excluding diaryl/α,β-unsaturated/α-hetero) is 2. The second-order valence-corrected chi connectivity index (χ2v) is 7.21. The molecule has 0 aromatic rings. The minimum absolute atomic E-state index is 0.428. The minimum atomic E-state index is 0.428. The second-order valence-electron chi connectivity index (χ2n) is 7.21. The molecule has 0 N–H and O–H groups in total. The van der Waals surface area contributed by atoms with E-state index in [0.29, 0.717) is 18.1 Å². The number of piperidine rings is 2. The molecule has 0 atom stereocenters. The Bertz CT molecular complexity index is 348. The van der Waals surface area contributed by atoms with Crippen LogP contribution in [0.4, 0.5) is 0 Å². The fourth-order valence-corrected chi connectivity index (χ4v) is 3.30. The lowest BCUT2D eigenvalue weighted by molar-refractivity contribution is -0.122. The molecule has 2 fully saturated rings. The first kappa shape index (κ1) is 21.3. The highest BCUT2D eigenvalue weighted by atomic mass is 16.1. The molecule has 2 aliphatic rings. The molecule has 0 bridgehead atoms. The molecule has 0 saturated carbocycles. The SMILES string of the molecule is CCCCCN1CCC(=O)CC1.CCCCCN1CCCC(=O)C1. The van der Waals surface area contributed by atoms with E-state index in [4.69, 9.17) is 0 Å². The first-order chi connectivity index (χ1) is 11.7. The Hall–Kier alpha value is -0.740. The summed E-state index contributed by atoms with van der Waals surface area (Å²) in [5, 5.41) is 0. The van der Waals surface area contributed by atoms with Crippen LogP contribution in [-0.2, 0) is 9.59 Å². The van der Waals surface area contributed by atoms with Crippen molar-refractivity contribution in [2.45, 2.75) is 78.1 Å². The molecule has 2 heterocycles. The van der Waals surface area contributed by atoms with Crippen LogP contribution in [-0.4, -0.2) is 60.6 Å². The number of hydrogen-bond acceptors (Lipinski definition) is 4. The molecule has 2 rings (SSSR count). The number of rotatable bonds is 8. The van der Waals surface area contributed by atoms with E-state index in [1.54, 1.807) is 0 Å². The van der Waals surface area contributed by atoms with Gasteiger partial charge in [-0.25, -0.2) is 0 Å². The Kier molecular flexibility index (Phi) is 12.0. The lowest BCUT2D eigenvalue weighted by Crippen LogP contribution is -2.36. The topological polar surface area (TPSA) is 40.6 Å². The Morgan fingerprint density at radius 1 is 0.708 bits per heavy atom. The van der Waals surface area contributed by atoms with Crippen LogP contribution in [0.3, 0.4) is 0 Å². The van der Waals surface area contributed by atoms with Gasteiger partial charge in [0.25, 0.3) is 0 Å². The van der Waals surface area contributed by atoms with Crippen molar-refractivity contribution >= 4 is 11.6 Å². The van der Waals surface area contributed by atoms with Gasteiger partial charge >= 0.3 is 0 Å². The molecule has 0 aromatic heterocycles. The summed E-state index contributed by atoms with van der Waals surface area (Å²) in [6.45, 7) is 10.6. The molecule has 0 radical (unpaired) electrons. The van der Waals surface area contributed by atoms with Crippen molar-refractivity contribution in [2.75, 3.05) is 39.3 Å². The molecule has 24 heavy (non-hydrogen) atoms. The Labute approximate surface area is 149 Å². The van der Waals surface area contributed by atoms with Gasteiger partial charge < -0.3 is 4.90 Å². The molecule has 0 amide bonds. The molecule has 140 valence electrons. The first-order valence-electron chi connectivity index (χ1n) is 10.1. The quantitative estimate of drug-likeness (QED) is 0.633. The van der Waals surface area contributed by atoms with Crippen molar-refractivity contribution in [3.63, 3.8) is 0 Å². The summed E-state index contributed by atoms with van der Waals surface area (Å²) in [7, 11) is 0. The van der Waals surface area contributed by atoms with Crippen molar-refractivity contribution in [1.29, 1.82) is 0 Å². The predicted octanol–water partition coefficient (Wildman–Crippen LogP) is 3.68. The standard InChI is InChI=1S/2C10H19NO/c1-2-3-4-7-11-8-5-10(12)6-9-11;1-2-3-4-7-11-8-5-6-10(12)9-11/h2*2-9H2,1H3. The maximum atomic E-state index is 11.1. The largest absolute Gasteiger partial charge is 0.302 e. The smallest absolute Gasteiger partial charge is 0.146 e. The summed E-state index contributed by atoms with van der Waals surface area (Å²) in [6.07, 6.45) is 11.2. The molecule has 0 spiro atoms. The van der Waals surface area contributed by atoms with Gasteiger partial charge in [0.1, 0.15) is 11.6 Å². The Morgan fingerprint density at radius 3 is 1.83 bits per heavy atom. The molecule has 0 aliphatic carbocycles. The number of ketones is 2. The highest BCUT2D eigenvalue weighted by Crippen LogP contribution is 2.08. The summed E-state index contributed by atoms with van der Waals surface area (Å²) < 4.78 is 0. The van der Waals surface area contributed by atoms with Gasteiger partial charge in [-0.05, 0) is 38.9 Å². The third-order valence-electron chi connectivity index (χ3n) is 4.90. The van der Waals surface area contributed by atoms with E-state index in [9.17, 15) is 9.59 Å². The average Bonchev–Trinajstić information content (AvgIpc) is 2.58. The molecule has 4 nitrogen and oxygen atoms in total. The normalized spacial score (nSPS) is 19.9. The van der Waals surface area contributed by atoms with Crippen molar-refractivity contribution in [1.82, 2.24) is 9.80 Å². The number of carbonyl (C=O) groups excluding carboxylic acids is 2. The highest BCUT2D eigenvalue weighted by molar-refractivity contribution is 5.81. The summed E-state index contributed by atoms with van der Waals surface area (Å²) in [5.41, 5.74) is 0. The number of nitrogens with zero attached hydrogens (tertiary/aromatic N) is 2. The Morgan fingerprint density at radius 2 is 1.29 bits per heavy atom. The van der Waals surface area contributed by atoms with E-state index in [-0.39, 0.29) is 0 Å². The molecule has 4 heteroatoms. The number of unbranched alkanes of at least 4 members (excludes halogenated alkanes) is 4. The maximum absolute atomic E-state index is 11.1. The van der Waals surface area contributed by atoms with Crippen LogP contribution in [0.2, 0.25) is 0 Å². The first-order valence-corrected chi connectivity index (χ1v) is 10.1.